The van der Waals surface area contributed by atoms with Crippen LogP contribution in [-0.4, -0.2) is 26.2 Å². The van der Waals surface area contributed by atoms with Crippen LogP contribution in [0.25, 0.3) is 0 Å². The van der Waals surface area contributed by atoms with Gasteiger partial charge in [-0.15, -0.1) is 12.4 Å². The van der Waals surface area contributed by atoms with E-state index in [-0.39, 0.29) is 12.4 Å². The van der Waals surface area contributed by atoms with Gasteiger partial charge in [0, 0.05) is 24.8 Å². The summed E-state index contributed by atoms with van der Waals surface area (Å²) in [7, 11) is 0. The van der Waals surface area contributed by atoms with E-state index in [2.05, 4.69) is 29.4 Å². The van der Waals surface area contributed by atoms with Gasteiger partial charge in [0.15, 0.2) is 0 Å². The second-order valence-electron chi connectivity index (χ2n) is 5.37. The predicted octanol–water partition coefficient (Wildman–Crippen LogP) is 3.05. The molecule has 7 heteroatoms. The monoisotopic (exact) mass is 315 g/mol. The van der Waals surface area contributed by atoms with Crippen LogP contribution in [0.2, 0.25) is 0 Å². The third kappa shape index (κ3) is 4.74. The number of alkyl halides is 1. The lowest BCUT2D eigenvalue weighted by Crippen LogP contribution is -2.05. The molecule has 2 aromatic rings. The van der Waals surface area contributed by atoms with Gasteiger partial charge in [-0.3, -0.25) is 9.36 Å². The van der Waals surface area contributed by atoms with E-state index < -0.39 is 6.67 Å². The maximum Gasteiger partial charge on any atom is 0.109 e. The smallest absolute Gasteiger partial charge is 0.109 e. The van der Waals surface area contributed by atoms with Gasteiger partial charge in [0.1, 0.15) is 6.67 Å². The largest absolute Gasteiger partial charge is 0.378 e. The maximum absolute atomic E-state index is 12.3. The zero-order valence-electron chi connectivity index (χ0n) is 12.7. The van der Waals surface area contributed by atoms with Gasteiger partial charge in [0.05, 0.1) is 30.3 Å². The van der Waals surface area contributed by atoms with Gasteiger partial charge in [-0.25, -0.2) is 4.39 Å². The summed E-state index contributed by atoms with van der Waals surface area (Å²) in [5, 5.41) is 11.8. The molecular formula is C14H23ClFN5. The summed E-state index contributed by atoms with van der Waals surface area (Å²) in [5.41, 5.74) is 3.02. The van der Waals surface area contributed by atoms with Crippen molar-refractivity contribution in [2.75, 3.05) is 12.0 Å². The highest BCUT2D eigenvalue weighted by Crippen LogP contribution is 2.15. The fraction of sp³-hybridized carbons (Fsp3) is 0.571. The Balaban J connectivity index is 0.00000220. The first-order valence-corrected chi connectivity index (χ1v) is 6.93. The van der Waals surface area contributed by atoms with Crippen molar-refractivity contribution in [3.8, 4) is 0 Å². The highest BCUT2D eigenvalue weighted by atomic mass is 35.5. The normalized spacial score (nSPS) is 10.7. The molecule has 0 radical (unpaired) electrons. The van der Waals surface area contributed by atoms with E-state index in [1.807, 2.05) is 24.0 Å². The quantitative estimate of drug-likeness (QED) is 0.854. The highest BCUT2D eigenvalue weighted by Gasteiger charge is 2.06. The number of rotatable bonds is 7. The second kappa shape index (κ2) is 8.02. The first-order valence-electron chi connectivity index (χ1n) is 6.93. The van der Waals surface area contributed by atoms with Gasteiger partial charge in [-0.1, -0.05) is 13.8 Å². The molecule has 0 unspecified atom stereocenters. The minimum absolute atomic E-state index is 0. The molecule has 5 nitrogen and oxygen atoms in total. The number of aryl methyl sites for hydroxylation is 1. The predicted molar refractivity (Wildman–Crippen MR) is 84.6 cm³/mol. The molecule has 0 aromatic carbocycles. The van der Waals surface area contributed by atoms with Crippen molar-refractivity contribution in [1.82, 2.24) is 19.6 Å². The average molecular weight is 316 g/mol. The van der Waals surface area contributed by atoms with Crippen molar-refractivity contribution in [1.29, 1.82) is 0 Å². The molecule has 118 valence electrons. The number of nitrogens with zero attached hydrogens (tertiary/aromatic N) is 4. The zero-order chi connectivity index (χ0) is 14.5. The molecule has 0 saturated carbocycles. The molecule has 0 aliphatic heterocycles. The summed E-state index contributed by atoms with van der Waals surface area (Å²) >= 11 is 0. The molecule has 2 aromatic heterocycles. The van der Waals surface area contributed by atoms with Gasteiger partial charge in [-0.2, -0.15) is 10.2 Å². The lowest BCUT2D eigenvalue weighted by atomic mass is 10.2. The minimum atomic E-state index is -0.399. The Labute approximate surface area is 130 Å². The van der Waals surface area contributed by atoms with Crippen LogP contribution in [0.1, 0.15) is 25.1 Å². The first-order chi connectivity index (χ1) is 9.60. The Kier molecular flexibility index (Phi) is 6.68. The van der Waals surface area contributed by atoms with Gasteiger partial charge in [0.2, 0.25) is 0 Å². The van der Waals surface area contributed by atoms with Crippen molar-refractivity contribution < 1.29 is 4.39 Å². The summed E-state index contributed by atoms with van der Waals surface area (Å²) in [6.45, 7) is 7.80. The van der Waals surface area contributed by atoms with Gasteiger partial charge >= 0.3 is 0 Å². The number of aromatic nitrogens is 4. The Morgan fingerprint density at radius 3 is 2.71 bits per heavy atom. The molecule has 2 rings (SSSR count). The molecule has 21 heavy (non-hydrogen) atoms. The number of halogens is 2. The summed E-state index contributed by atoms with van der Waals surface area (Å²) < 4.78 is 16.0. The average Bonchev–Trinajstić information content (AvgIpc) is 2.96. The Morgan fingerprint density at radius 2 is 2.05 bits per heavy atom. The molecule has 0 atom stereocenters. The lowest BCUT2D eigenvalue weighted by Gasteiger charge is -2.05. The maximum atomic E-state index is 12.3. The van der Waals surface area contributed by atoms with Crippen molar-refractivity contribution in [2.24, 2.45) is 5.92 Å². The number of hydrogen-bond donors (Lipinski definition) is 1. The molecule has 0 aliphatic carbocycles. The lowest BCUT2D eigenvalue weighted by molar-refractivity contribution is 0.423. The molecule has 0 amide bonds. The molecule has 0 bridgehead atoms. The fourth-order valence-corrected chi connectivity index (χ4v) is 2.09. The number of anilines is 1. The van der Waals surface area contributed by atoms with Gasteiger partial charge < -0.3 is 5.32 Å². The van der Waals surface area contributed by atoms with Crippen molar-refractivity contribution in [3.63, 3.8) is 0 Å². The van der Waals surface area contributed by atoms with Gasteiger partial charge in [0.25, 0.3) is 0 Å². The van der Waals surface area contributed by atoms with Crippen LogP contribution >= 0.6 is 12.4 Å². The van der Waals surface area contributed by atoms with Crippen LogP contribution < -0.4 is 5.32 Å². The van der Waals surface area contributed by atoms with Crippen molar-refractivity contribution in [3.05, 3.63) is 29.8 Å². The SMILES string of the molecule is Cc1c(NCc2cnn(CC(C)C)c2)cnn1CCF.Cl. The van der Waals surface area contributed by atoms with Crippen LogP contribution in [-0.2, 0) is 19.6 Å². The van der Waals surface area contributed by atoms with Gasteiger partial charge in [-0.05, 0) is 12.8 Å². The summed E-state index contributed by atoms with van der Waals surface area (Å²) in [5.74, 6) is 0.580. The van der Waals surface area contributed by atoms with E-state index in [1.165, 1.54) is 0 Å². The second-order valence-corrected chi connectivity index (χ2v) is 5.37. The Hall–Kier alpha value is -1.56. The molecule has 0 spiro atoms. The van der Waals surface area contributed by atoms with Crippen LogP contribution in [0, 0.1) is 12.8 Å². The Bertz CT molecular complexity index is 549. The fourth-order valence-electron chi connectivity index (χ4n) is 2.09. The zero-order valence-corrected chi connectivity index (χ0v) is 13.5. The molecule has 0 saturated heterocycles. The topological polar surface area (TPSA) is 47.7 Å². The van der Waals surface area contributed by atoms with E-state index in [0.717, 1.165) is 23.5 Å². The Morgan fingerprint density at radius 1 is 1.29 bits per heavy atom. The van der Waals surface area contributed by atoms with Crippen LogP contribution in [0.5, 0.6) is 0 Å². The van der Waals surface area contributed by atoms with Crippen molar-refractivity contribution >= 4 is 18.1 Å². The first kappa shape index (κ1) is 17.5. The van der Waals surface area contributed by atoms with Crippen LogP contribution in [0.3, 0.4) is 0 Å². The van der Waals surface area contributed by atoms with E-state index in [1.54, 1.807) is 10.9 Å². The molecule has 0 aliphatic rings. The molecule has 0 fully saturated rings. The molecule has 1 N–H and O–H groups in total. The third-order valence-electron chi connectivity index (χ3n) is 3.12. The van der Waals surface area contributed by atoms with E-state index in [0.29, 0.717) is 19.0 Å². The minimum Gasteiger partial charge on any atom is -0.378 e. The summed E-state index contributed by atoms with van der Waals surface area (Å²) in [6.07, 6.45) is 5.66. The standard InChI is InChI=1S/C14H22FN5.ClH/c1-11(2)9-19-10-13(7-17-19)6-16-14-8-18-20(5-4-15)12(14)3;/h7-8,10-11,16H,4-6,9H2,1-3H3;1H. The van der Waals surface area contributed by atoms with E-state index >= 15 is 0 Å². The molecule has 2 heterocycles. The summed E-state index contributed by atoms with van der Waals surface area (Å²) in [4.78, 5) is 0. The van der Waals surface area contributed by atoms with E-state index in [9.17, 15) is 4.39 Å². The molecular weight excluding hydrogens is 293 g/mol. The number of nitrogens with one attached hydrogen (secondary N) is 1. The highest BCUT2D eigenvalue weighted by molar-refractivity contribution is 5.85. The van der Waals surface area contributed by atoms with Crippen molar-refractivity contribution in [2.45, 2.75) is 40.4 Å². The number of hydrogen-bond acceptors (Lipinski definition) is 3. The van der Waals surface area contributed by atoms with Crippen LogP contribution in [0.4, 0.5) is 10.1 Å². The summed E-state index contributed by atoms with van der Waals surface area (Å²) in [6, 6.07) is 0. The van der Waals surface area contributed by atoms with Crippen LogP contribution in [0.15, 0.2) is 18.6 Å². The third-order valence-corrected chi connectivity index (χ3v) is 3.12. The van der Waals surface area contributed by atoms with E-state index in [4.69, 9.17) is 0 Å².